The third kappa shape index (κ3) is 1.86. The van der Waals surface area contributed by atoms with Crippen molar-refractivity contribution in [2.75, 3.05) is 7.11 Å². The van der Waals surface area contributed by atoms with E-state index in [0.717, 1.165) is 0 Å². The van der Waals surface area contributed by atoms with Gasteiger partial charge in [-0.2, -0.15) is 0 Å². The fraction of sp³-hybridized carbons (Fsp3) is 0.250. The van der Waals surface area contributed by atoms with Crippen LogP contribution in [0, 0.1) is 0 Å². The van der Waals surface area contributed by atoms with Crippen LogP contribution in [-0.4, -0.2) is 33.1 Å². The topological polar surface area (TPSA) is 92.5 Å². The Morgan fingerprint density at radius 2 is 2.11 bits per heavy atom. The molecule has 0 saturated heterocycles. The summed E-state index contributed by atoms with van der Waals surface area (Å²) < 4.78 is 4.97. The number of ketones is 1. The minimum absolute atomic E-state index is 0.0444. The first-order valence-electron chi connectivity index (χ1n) is 5.26. The first-order chi connectivity index (χ1) is 8.58. The number of hydrogen-bond acceptors (Lipinski definition) is 6. The van der Waals surface area contributed by atoms with Crippen molar-refractivity contribution < 1.29 is 19.7 Å². The molecule has 6 heteroatoms. The summed E-state index contributed by atoms with van der Waals surface area (Å²) >= 11 is 0. The number of rotatable bonds is 3. The molecule has 0 fully saturated rings. The maximum absolute atomic E-state index is 11.6. The molecule has 2 heterocycles. The van der Waals surface area contributed by atoms with Crippen LogP contribution in [0.1, 0.15) is 23.0 Å². The van der Waals surface area contributed by atoms with Crippen LogP contribution in [0.25, 0.3) is 11.0 Å². The van der Waals surface area contributed by atoms with Gasteiger partial charge in [0.2, 0.25) is 5.88 Å². The number of aromatic hydroxyl groups is 1. The Balaban J connectivity index is 2.87. The van der Waals surface area contributed by atoms with Gasteiger partial charge in [0.25, 0.3) is 0 Å². The molecule has 0 atom stereocenters. The SMILES string of the molecule is COc1ccc2nc(CO)c(O)c(C(C)=O)c2n1. The predicted molar refractivity (Wildman–Crippen MR) is 63.7 cm³/mol. The Kier molecular flexibility index (Phi) is 3.12. The van der Waals surface area contributed by atoms with E-state index in [4.69, 9.17) is 9.84 Å². The molecule has 0 bridgehead atoms. The second kappa shape index (κ2) is 4.58. The van der Waals surface area contributed by atoms with Crippen LogP contribution in [0.3, 0.4) is 0 Å². The van der Waals surface area contributed by atoms with Crippen molar-refractivity contribution in [1.82, 2.24) is 9.97 Å². The zero-order valence-corrected chi connectivity index (χ0v) is 9.97. The maximum Gasteiger partial charge on any atom is 0.213 e. The summed E-state index contributed by atoms with van der Waals surface area (Å²) in [7, 11) is 1.46. The third-order valence-corrected chi connectivity index (χ3v) is 2.56. The van der Waals surface area contributed by atoms with E-state index in [1.54, 1.807) is 12.1 Å². The van der Waals surface area contributed by atoms with Gasteiger partial charge < -0.3 is 14.9 Å². The number of pyridine rings is 2. The van der Waals surface area contributed by atoms with Crippen molar-refractivity contribution in [3.8, 4) is 11.6 Å². The lowest BCUT2D eigenvalue weighted by atomic mass is 10.1. The van der Waals surface area contributed by atoms with Gasteiger partial charge in [-0.1, -0.05) is 0 Å². The first-order valence-corrected chi connectivity index (χ1v) is 5.26. The predicted octanol–water partition coefficient (Wildman–Crippen LogP) is 1.04. The van der Waals surface area contributed by atoms with Gasteiger partial charge in [-0.15, -0.1) is 0 Å². The lowest BCUT2D eigenvalue weighted by Gasteiger charge is -2.09. The number of aliphatic hydroxyl groups excluding tert-OH is 1. The molecular weight excluding hydrogens is 236 g/mol. The number of fused-ring (bicyclic) bond motifs is 1. The fourth-order valence-corrected chi connectivity index (χ4v) is 1.72. The second-order valence-corrected chi connectivity index (χ2v) is 3.72. The molecular formula is C12H12N2O4. The van der Waals surface area contributed by atoms with E-state index in [1.165, 1.54) is 14.0 Å². The van der Waals surface area contributed by atoms with E-state index in [-0.39, 0.29) is 28.3 Å². The highest BCUT2D eigenvalue weighted by atomic mass is 16.5. The second-order valence-electron chi connectivity index (χ2n) is 3.72. The van der Waals surface area contributed by atoms with Crippen LogP contribution >= 0.6 is 0 Å². The van der Waals surface area contributed by atoms with Crippen molar-refractivity contribution in [2.24, 2.45) is 0 Å². The molecule has 94 valence electrons. The molecule has 18 heavy (non-hydrogen) atoms. The Morgan fingerprint density at radius 1 is 1.39 bits per heavy atom. The molecule has 0 amide bonds. The van der Waals surface area contributed by atoms with Crippen LogP contribution in [0.5, 0.6) is 11.6 Å². The summed E-state index contributed by atoms with van der Waals surface area (Å²) in [4.78, 5) is 19.7. The van der Waals surface area contributed by atoms with Gasteiger partial charge in [-0.3, -0.25) is 4.79 Å². The van der Waals surface area contributed by atoms with E-state index < -0.39 is 6.61 Å². The lowest BCUT2D eigenvalue weighted by molar-refractivity contribution is 0.101. The molecule has 6 nitrogen and oxygen atoms in total. The van der Waals surface area contributed by atoms with Crippen molar-refractivity contribution in [2.45, 2.75) is 13.5 Å². The molecule has 0 unspecified atom stereocenters. The molecule has 0 aromatic carbocycles. The van der Waals surface area contributed by atoms with Gasteiger partial charge in [-0.25, -0.2) is 9.97 Å². The van der Waals surface area contributed by atoms with Crippen LogP contribution in [-0.2, 0) is 6.61 Å². The van der Waals surface area contributed by atoms with Gasteiger partial charge in [0.1, 0.15) is 11.2 Å². The fourth-order valence-electron chi connectivity index (χ4n) is 1.72. The van der Waals surface area contributed by atoms with E-state index in [2.05, 4.69) is 9.97 Å². The van der Waals surface area contributed by atoms with Gasteiger partial charge in [0.15, 0.2) is 11.5 Å². The minimum Gasteiger partial charge on any atom is -0.505 e. The van der Waals surface area contributed by atoms with Gasteiger partial charge >= 0.3 is 0 Å². The van der Waals surface area contributed by atoms with Crippen molar-refractivity contribution >= 4 is 16.8 Å². The Bertz CT molecular complexity index is 625. The van der Waals surface area contributed by atoms with Gasteiger partial charge in [-0.05, 0) is 13.0 Å². The van der Waals surface area contributed by atoms with E-state index >= 15 is 0 Å². The number of aliphatic hydroxyl groups is 1. The largest absolute Gasteiger partial charge is 0.505 e. The Hall–Kier alpha value is -2.21. The third-order valence-electron chi connectivity index (χ3n) is 2.56. The van der Waals surface area contributed by atoms with Crippen molar-refractivity contribution in [3.63, 3.8) is 0 Å². The molecule has 0 aliphatic carbocycles. The summed E-state index contributed by atoms with van der Waals surface area (Å²) in [6.07, 6.45) is 0. The van der Waals surface area contributed by atoms with Crippen molar-refractivity contribution in [3.05, 3.63) is 23.4 Å². The van der Waals surface area contributed by atoms with Crippen LogP contribution in [0.2, 0.25) is 0 Å². The summed E-state index contributed by atoms with van der Waals surface area (Å²) in [6, 6.07) is 3.21. The number of Topliss-reactive ketones (excluding diaryl/α,β-unsaturated/α-hetero) is 1. The first kappa shape index (κ1) is 12.3. The number of aromatic nitrogens is 2. The standard InChI is InChI=1S/C12H12N2O4/c1-6(16)10-11-7(3-4-9(14-11)18-2)13-8(5-15)12(10)17/h3-4,15,17H,5H2,1-2H3. The van der Waals surface area contributed by atoms with E-state index in [9.17, 15) is 9.90 Å². The van der Waals surface area contributed by atoms with Crippen LogP contribution < -0.4 is 4.74 Å². The van der Waals surface area contributed by atoms with Crippen LogP contribution in [0.15, 0.2) is 12.1 Å². The number of nitrogens with zero attached hydrogens (tertiary/aromatic N) is 2. The summed E-state index contributed by atoms with van der Waals surface area (Å²) in [6.45, 7) is 0.866. The molecule has 2 aromatic heterocycles. The quantitative estimate of drug-likeness (QED) is 0.788. The molecule has 0 saturated carbocycles. The summed E-state index contributed by atoms with van der Waals surface area (Å²) in [5.74, 6) is -0.364. The Morgan fingerprint density at radius 3 is 2.67 bits per heavy atom. The van der Waals surface area contributed by atoms with Crippen LogP contribution in [0.4, 0.5) is 0 Å². The molecule has 2 rings (SSSR count). The highest BCUT2D eigenvalue weighted by Gasteiger charge is 2.18. The molecule has 0 aliphatic rings. The number of methoxy groups -OCH3 is 1. The molecule has 2 aromatic rings. The average molecular weight is 248 g/mol. The van der Waals surface area contributed by atoms with Gasteiger partial charge in [0, 0.05) is 6.07 Å². The number of hydrogen-bond donors (Lipinski definition) is 2. The summed E-state index contributed by atoms with van der Waals surface area (Å²) in [5.41, 5.74) is 0.780. The number of ether oxygens (including phenoxy) is 1. The maximum atomic E-state index is 11.6. The highest BCUT2D eigenvalue weighted by Crippen LogP contribution is 2.29. The van der Waals surface area contributed by atoms with Gasteiger partial charge in [0.05, 0.1) is 24.8 Å². The summed E-state index contributed by atoms with van der Waals surface area (Å²) in [5, 5.41) is 19.0. The van der Waals surface area contributed by atoms with E-state index in [0.29, 0.717) is 11.4 Å². The molecule has 2 N–H and O–H groups in total. The minimum atomic E-state index is -0.450. The Labute approximate surface area is 103 Å². The van der Waals surface area contributed by atoms with E-state index in [1.807, 2.05) is 0 Å². The smallest absolute Gasteiger partial charge is 0.213 e. The zero-order chi connectivity index (χ0) is 13.3. The highest BCUT2D eigenvalue weighted by molar-refractivity contribution is 6.07. The van der Waals surface area contributed by atoms with Crippen molar-refractivity contribution in [1.29, 1.82) is 0 Å². The zero-order valence-electron chi connectivity index (χ0n) is 9.97. The number of carbonyl (C=O) groups excluding carboxylic acids is 1. The molecule has 0 spiro atoms. The monoisotopic (exact) mass is 248 g/mol. The molecule has 0 aliphatic heterocycles. The lowest BCUT2D eigenvalue weighted by Crippen LogP contribution is -2.03. The normalized spacial score (nSPS) is 10.6. The molecule has 0 radical (unpaired) electrons. The average Bonchev–Trinajstić information content (AvgIpc) is 2.36. The number of carbonyl (C=O) groups is 1.